The van der Waals surface area contributed by atoms with E-state index in [1.807, 2.05) is 6.07 Å². The Labute approximate surface area is 124 Å². The summed E-state index contributed by atoms with van der Waals surface area (Å²) in [6, 6.07) is 9.68. The van der Waals surface area contributed by atoms with Crippen LogP contribution in [0, 0.1) is 20.8 Å². The second-order valence-electron chi connectivity index (χ2n) is 4.55. The summed E-state index contributed by atoms with van der Waals surface area (Å²) in [6.45, 7) is 6.34. The van der Waals surface area contributed by atoms with E-state index < -0.39 is 0 Å². The number of rotatable bonds is 2. The molecule has 0 amide bonds. The molecule has 0 saturated carbocycles. The summed E-state index contributed by atoms with van der Waals surface area (Å²) in [5.41, 5.74) is 9.94. The average Bonchev–Trinajstić information content (AvgIpc) is 2.28. The molecule has 0 spiro atoms. The van der Waals surface area contributed by atoms with Gasteiger partial charge in [0.25, 0.3) is 0 Å². The zero-order valence-electron chi connectivity index (χ0n) is 11.2. The van der Waals surface area contributed by atoms with Crippen molar-refractivity contribution in [3.8, 4) is 5.75 Å². The van der Waals surface area contributed by atoms with Gasteiger partial charge in [0.05, 0.1) is 5.69 Å². The molecule has 2 aromatic carbocycles. The van der Waals surface area contributed by atoms with Crippen molar-refractivity contribution in [2.45, 2.75) is 30.6 Å². The van der Waals surface area contributed by atoms with Crippen molar-refractivity contribution in [1.82, 2.24) is 0 Å². The Hall–Kier alpha value is -1.32. The normalized spacial score (nSPS) is 10.1. The van der Waals surface area contributed by atoms with Crippen molar-refractivity contribution in [3.05, 3.63) is 47.0 Å². The van der Waals surface area contributed by atoms with Crippen molar-refractivity contribution in [2.75, 3.05) is 5.73 Å². The Balaban J connectivity index is 0.00000180. The lowest BCUT2D eigenvalue weighted by molar-refractivity contribution is 0.477. The second kappa shape index (κ2) is 6.22. The molecule has 102 valence electrons. The Bertz CT molecular complexity index is 576. The topological polar surface area (TPSA) is 46.2 Å². The predicted octanol–water partition coefficient (Wildman–Crippen LogP) is 4.47. The first kappa shape index (κ1) is 15.7. The Morgan fingerprint density at radius 2 is 1.58 bits per heavy atom. The molecule has 0 heterocycles. The first-order valence-electron chi connectivity index (χ1n) is 5.81. The highest BCUT2D eigenvalue weighted by atomic mass is 35.5. The van der Waals surface area contributed by atoms with Crippen LogP contribution in [-0.2, 0) is 0 Å². The predicted molar refractivity (Wildman–Crippen MR) is 84.5 cm³/mol. The van der Waals surface area contributed by atoms with E-state index in [1.54, 1.807) is 23.9 Å². The van der Waals surface area contributed by atoms with Gasteiger partial charge in [0, 0.05) is 9.79 Å². The van der Waals surface area contributed by atoms with E-state index in [0.717, 1.165) is 4.90 Å². The van der Waals surface area contributed by atoms with Gasteiger partial charge in [-0.1, -0.05) is 29.5 Å². The third-order valence-electron chi connectivity index (χ3n) is 2.82. The smallest absolute Gasteiger partial charge is 0.138 e. The van der Waals surface area contributed by atoms with Crippen LogP contribution in [0.2, 0.25) is 0 Å². The largest absolute Gasteiger partial charge is 0.506 e. The summed E-state index contributed by atoms with van der Waals surface area (Å²) in [5, 5.41) is 9.42. The Kier molecular flexibility index (Phi) is 5.15. The van der Waals surface area contributed by atoms with Crippen molar-refractivity contribution in [1.29, 1.82) is 0 Å². The van der Waals surface area contributed by atoms with Crippen LogP contribution < -0.4 is 5.73 Å². The second-order valence-corrected chi connectivity index (χ2v) is 5.63. The number of hydrogen-bond acceptors (Lipinski definition) is 3. The van der Waals surface area contributed by atoms with Crippen molar-refractivity contribution >= 4 is 29.9 Å². The van der Waals surface area contributed by atoms with Gasteiger partial charge in [-0.15, -0.1) is 12.4 Å². The number of hydrogen-bond donors (Lipinski definition) is 2. The van der Waals surface area contributed by atoms with Gasteiger partial charge in [-0.25, -0.2) is 0 Å². The van der Waals surface area contributed by atoms with Crippen LogP contribution in [0.4, 0.5) is 5.69 Å². The minimum Gasteiger partial charge on any atom is -0.506 e. The number of nitrogens with two attached hydrogens (primary N) is 1. The monoisotopic (exact) mass is 295 g/mol. The van der Waals surface area contributed by atoms with Gasteiger partial charge in [-0.2, -0.15) is 0 Å². The molecule has 0 aliphatic heterocycles. The van der Waals surface area contributed by atoms with Gasteiger partial charge < -0.3 is 10.8 Å². The van der Waals surface area contributed by atoms with E-state index in [0.29, 0.717) is 5.69 Å². The zero-order chi connectivity index (χ0) is 13.3. The molecule has 0 aromatic heterocycles. The molecule has 3 N–H and O–H groups in total. The molecule has 4 heteroatoms. The summed E-state index contributed by atoms with van der Waals surface area (Å²) in [7, 11) is 0. The molecular weight excluding hydrogens is 278 g/mol. The molecule has 0 fully saturated rings. The van der Waals surface area contributed by atoms with Crippen LogP contribution in [0.25, 0.3) is 0 Å². The maximum atomic E-state index is 9.42. The number of aryl methyl sites for hydroxylation is 3. The van der Waals surface area contributed by atoms with Gasteiger partial charge in [-0.3, -0.25) is 0 Å². The van der Waals surface area contributed by atoms with Crippen molar-refractivity contribution in [2.24, 2.45) is 0 Å². The van der Waals surface area contributed by atoms with Crippen LogP contribution in [0.15, 0.2) is 40.1 Å². The fourth-order valence-electron chi connectivity index (χ4n) is 2.04. The number of phenols is 1. The van der Waals surface area contributed by atoms with Crippen molar-refractivity contribution < 1.29 is 5.11 Å². The van der Waals surface area contributed by atoms with E-state index >= 15 is 0 Å². The van der Waals surface area contributed by atoms with E-state index in [-0.39, 0.29) is 18.2 Å². The van der Waals surface area contributed by atoms with Gasteiger partial charge in [0.1, 0.15) is 5.75 Å². The van der Waals surface area contributed by atoms with Gasteiger partial charge >= 0.3 is 0 Å². The zero-order valence-corrected chi connectivity index (χ0v) is 12.9. The molecule has 2 aromatic rings. The van der Waals surface area contributed by atoms with Crippen LogP contribution in [0.5, 0.6) is 5.75 Å². The van der Waals surface area contributed by atoms with Crippen LogP contribution >= 0.6 is 24.2 Å². The van der Waals surface area contributed by atoms with Gasteiger partial charge in [-0.05, 0) is 50.1 Å². The summed E-state index contributed by atoms with van der Waals surface area (Å²) in [4.78, 5) is 2.30. The van der Waals surface area contributed by atoms with E-state index in [9.17, 15) is 5.11 Å². The van der Waals surface area contributed by atoms with Crippen LogP contribution in [-0.4, -0.2) is 5.11 Å². The standard InChI is InChI=1S/C15H17NOS.ClH/c1-9-6-10(2)15(11(3)7-9)18-12-4-5-14(17)13(16)8-12;/h4-8,17H,16H2,1-3H3;1H. The average molecular weight is 296 g/mol. The molecule has 0 radical (unpaired) electrons. The third kappa shape index (κ3) is 3.58. The van der Waals surface area contributed by atoms with Crippen LogP contribution in [0.3, 0.4) is 0 Å². The minimum absolute atomic E-state index is 0. The van der Waals surface area contributed by atoms with Crippen molar-refractivity contribution in [3.63, 3.8) is 0 Å². The first-order valence-corrected chi connectivity index (χ1v) is 6.63. The highest BCUT2D eigenvalue weighted by Gasteiger charge is 2.07. The summed E-state index contributed by atoms with van der Waals surface area (Å²) in [5.74, 6) is 0.136. The third-order valence-corrected chi connectivity index (χ3v) is 4.16. The molecule has 0 unspecified atom stereocenters. The Morgan fingerprint density at radius 3 is 2.11 bits per heavy atom. The lowest BCUT2D eigenvalue weighted by Gasteiger charge is -2.11. The number of halogens is 1. The van der Waals surface area contributed by atoms with Gasteiger partial charge in [0.2, 0.25) is 0 Å². The fraction of sp³-hybridized carbons (Fsp3) is 0.200. The molecule has 0 aliphatic carbocycles. The minimum atomic E-state index is 0. The number of anilines is 1. The molecule has 2 rings (SSSR count). The SMILES string of the molecule is Cc1cc(C)c(Sc2ccc(O)c(N)c2)c(C)c1.Cl. The summed E-state index contributed by atoms with van der Waals surface area (Å²) < 4.78 is 0. The number of nitrogen functional groups attached to an aromatic ring is 1. The fourth-order valence-corrected chi connectivity index (χ4v) is 3.04. The molecule has 2 nitrogen and oxygen atoms in total. The van der Waals surface area contributed by atoms with E-state index in [1.165, 1.54) is 21.6 Å². The highest BCUT2D eigenvalue weighted by Crippen LogP contribution is 2.36. The van der Waals surface area contributed by atoms with Gasteiger partial charge in [0.15, 0.2) is 0 Å². The molecule has 0 saturated heterocycles. The Morgan fingerprint density at radius 1 is 1.00 bits per heavy atom. The number of aromatic hydroxyl groups is 1. The molecule has 0 atom stereocenters. The molecular formula is C15H18ClNOS. The summed E-state index contributed by atoms with van der Waals surface area (Å²) in [6.07, 6.45) is 0. The van der Waals surface area contributed by atoms with E-state index in [2.05, 4.69) is 32.9 Å². The van der Waals surface area contributed by atoms with Crippen LogP contribution in [0.1, 0.15) is 16.7 Å². The first-order chi connectivity index (χ1) is 8.47. The number of benzene rings is 2. The summed E-state index contributed by atoms with van der Waals surface area (Å²) >= 11 is 1.68. The lowest BCUT2D eigenvalue weighted by Crippen LogP contribution is -1.89. The molecule has 0 bridgehead atoms. The lowest BCUT2D eigenvalue weighted by atomic mass is 10.1. The molecule has 19 heavy (non-hydrogen) atoms. The number of phenolic OH excluding ortho intramolecular Hbond substituents is 1. The quantitative estimate of drug-likeness (QED) is 0.634. The molecule has 0 aliphatic rings. The highest BCUT2D eigenvalue weighted by molar-refractivity contribution is 7.99. The van der Waals surface area contributed by atoms with E-state index in [4.69, 9.17) is 5.73 Å². The maximum Gasteiger partial charge on any atom is 0.138 e. The maximum absolute atomic E-state index is 9.42.